The summed E-state index contributed by atoms with van der Waals surface area (Å²) in [6.45, 7) is 4.79. The van der Waals surface area contributed by atoms with E-state index in [1.807, 2.05) is 32.0 Å². The lowest BCUT2D eigenvalue weighted by Gasteiger charge is -2.05. The lowest BCUT2D eigenvalue weighted by atomic mass is 10.2. The molecule has 0 bridgehead atoms. The molecule has 3 nitrogen and oxygen atoms in total. The molecule has 0 unspecified atom stereocenters. The number of thiazole rings is 1. The highest BCUT2D eigenvalue weighted by atomic mass is 32.1. The Kier molecular flexibility index (Phi) is 3.40. The average molecular weight is 243 g/mol. The van der Waals surface area contributed by atoms with Gasteiger partial charge < -0.3 is 5.32 Å². The molecule has 0 aliphatic rings. The van der Waals surface area contributed by atoms with Crippen LogP contribution in [-0.2, 0) is 6.54 Å². The molecule has 0 fully saturated rings. The molecule has 0 atom stereocenters. The Morgan fingerprint density at radius 3 is 2.88 bits per heavy atom. The van der Waals surface area contributed by atoms with Crippen LogP contribution in [0.2, 0.25) is 0 Å². The van der Waals surface area contributed by atoms with Crippen LogP contribution in [0.4, 0.5) is 5.69 Å². The molecule has 0 saturated heterocycles. The minimum atomic E-state index is 0.673. The van der Waals surface area contributed by atoms with Crippen LogP contribution in [0.25, 0.3) is 0 Å². The van der Waals surface area contributed by atoms with E-state index in [9.17, 15) is 0 Å². The summed E-state index contributed by atoms with van der Waals surface area (Å²) in [5, 5.41) is 13.2. The SMILES string of the molecule is Cc1nc(C)c(CNc2cccc(C#N)c2)s1. The molecule has 4 heteroatoms. The largest absolute Gasteiger partial charge is 0.380 e. The molecule has 86 valence electrons. The Morgan fingerprint density at radius 1 is 1.41 bits per heavy atom. The molecule has 0 amide bonds. The first-order valence-electron chi connectivity index (χ1n) is 5.36. The maximum atomic E-state index is 8.81. The summed E-state index contributed by atoms with van der Waals surface area (Å²) in [7, 11) is 0. The van der Waals surface area contributed by atoms with Gasteiger partial charge in [-0.25, -0.2) is 4.98 Å². The highest BCUT2D eigenvalue weighted by molar-refractivity contribution is 7.11. The van der Waals surface area contributed by atoms with Crippen LogP contribution >= 0.6 is 11.3 Å². The normalized spacial score (nSPS) is 9.94. The van der Waals surface area contributed by atoms with Crippen molar-refractivity contribution in [2.75, 3.05) is 5.32 Å². The minimum absolute atomic E-state index is 0.673. The van der Waals surface area contributed by atoms with Crippen LogP contribution in [0.3, 0.4) is 0 Å². The van der Waals surface area contributed by atoms with Crippen LogP contribution in [0, 0.1) is 25.2 Å². The number of aryl methyl sites for hydroxylation is 2. The Balaban J connectivity index is 2.07. The quantitative estimate of drug-likeness (QED) is 0.900. The zero-order chi connectivity index (χ0) is 12.3. The zero-order valence-electron chi connectivity index (χ0n) is 9.82. The molecule has 17 heavy (non-hydrogen) atoms. The van der Waals surface area contributed by atoms with Crippen LogP contribution < -0.4 is 5.32 Å². The second-order valence-corrected chi connectivity index (χ2v) is 5.08. The van der Waals surface area contributed by atoms with E-state index < -0.39 is 0 Å². The summed E-state index contributed by atoms with van der Waals surface area (Å²) >= 11 is 1.70. The lowest BCUT2D eigenvalue weighted by Crippen LogP contribution is -1.99. The predicted molar refractivity (Wildman–Crippen MR) is 70.1 cm³/mol. The summed E-state index contributed by atoms with van der Waals surface area (Å²) in [5.41, 5.74) is 2.72. The van der Waals surface area contributed by atoms with Crippen molar-refractivity contribution in [2.45, 2.75) is 20.4 Å². The van der Waals surface area contributed by atoms with E-state index in [1.54, 1.807) is 17.4 Å². The van der Waals surface area contributed by atoms with E-state index in [2.05, 4.69) is 16.4 Å². The summed E-state index contributed by atoms with van der Waals surface area (Å²) in [6, 6.07) is 9.62. The van der Waals surface area contributed by atoms with Crippen LogP contribution in [0.1, 0.15) is 21.1 Å². The zero-order valence-corrected chi connectivity index (χ0v) is 10.6. The number of nitriles is 1. The Hall–Kier alpha value is -1.86. The molecule has 0 spiro atoms. The predicted octanol–water partition coefficient (Wildman–Crippen LogP) is 3.24. The molecule has 0 aliphatic carbocycles. The molecule has 1 aromatic carbocycles. The van der Waals surface area contributed by atoms with Crippen molar-refractivity contribution in [2.24, 2.45) is 0 Å². The molecule has 2 rings (SSSR count). The average Bonchev–Trinajstić information content (AvgIpc) is 2.65. The van der Waals surface area contributed by atoms with E-state index >= 15 is 0 Å². The molecule has 0 aliphatic heterocycles. The summed E-state index contributed by atoms with van der Waals surface area (Å²) in [4.78, 5) is 5.62. The third-order valence-electron chi connectivity index (χ3n) is 2.44. The van der Waals surface area contributed by atoms with Gasteiger partial charge in [0.25, 0.3) is 0 Å². The number of rotatable bonds is 3. The third-order valence-corrected chi connectivity index (χ3v) is 3.52. The molecule has 1 heterocycles. The van der Waals surface area contributed by atoms with E-state index in [4.69, 9.17) is 5.26 Å². The highest BCUT2D eigenvalue weighted by Crippen LogP contribution is 2.19. The van der Waals surface area contributed by atoms with Crippen molar-refractivity contribution in [3.8, 4) is 6.07 Å². The summed E-state index contributed by atoms with van der Waals surface area (Å²) < 4.78 is 0. The molecule has 0 radical (unpaired) electrons. The first-order valence-corrected chi connectivity index (χ1v) is 6.17. The van der Waals surface area contributed by atoms with Crippen molar-refractivity contribution in [1.29, 1.82) is 5.26 Å². The van der Waals surface area contributed by atoms with E-state index in [0.717, 1.165) is 22.9 Å². The fourth-order valence-electron chi connectivity index (χ4n) is 1.62. The molecular weight excluding hydrogens is 230 g/mol. The second kappa shape index (κ2) is 4.98. The number of aromatic nitrogens is 1. The third kappa shape index (κ3) is 2.83. The van der Waals surface area contributed by atoms with Crippen LogP contribution in [0.5, 0.6) is 0 Å². The summed E-state index contributed by atoms with van der Waals surface area (Å²) in [5.74, 6) is 0. The topological polar surface area (TPSA) is 48.7 Å². The number of nitrogens with one attached hydrogen (secondary N) is 1. The lowest BCUT2D eigenvalue weighted by molar-refractivity contribution is 1.11. The van der Waals surface area contributed by atoms with Gasteiger partial charge in [-0.3, -0.25) is 0 Å². The smallest absolute Gasteiger partial charge is 0.0992 e. The van der Waals surface area contributed by atoms with Crippen molar-refractivity contribution in [3.63, 3.8) is 0 Å². The maximum absolute atomic E-state index is 8.81. The van der Waals surface area contributed by atoms with Gasteiger partial charge in [-0.1, -0.05) is 6.07 Å². The molecular formula is C13H13N3S. The van der Waals surface area contributed by atoms with Gasteiger partial charge in [-0.05, 0) is 32.0 Å². The first-order chi connectivity index (χ1) is 8.19. The first kappa shape index (κ1) is 11.6. The number of nitrogens with zero attached hydrogens (tertiary/aromatic N) is 2. The number of hydrogen-bond donors (Lipinski definition) is 1. The van der Waals surface area contributed by atoms with Crippen molar-refractivity contribution in [1.82, 2.24) is 4.98 Å². The van der Waals surface area contributed by atoms with E-state index in [1.165, 1.54) is 4.88 Å². The molecule has 0 saturated carbocycles. The fraction of sp³-hybridized carbons (Fsp3) is 0.231. The van der Waals surface area contributed by atoms with Gasteiger partial charge in [-0.2, -0.15) is 5.26 Å². The second-order valence-electron chi connectivity index (χ2n) is 3.79. The van der Waals surface area contributed by atoms with Gasteiger partial charge in [0, 0.05) is 10.6 Å². The molecule has 1 aromatic heterocycles. The van der Waals surface area contributed by atoms with Crippen LogP contribution in [0.15, 0.2) is 24.3 Å². The molecule has 1 N–H and O–H groups in total. The fourth-order valence-corrected chi connectivity index (χ4v) is 2.50. The van der Waals surface area contributed by atoms with Crippen LogP contribution in [-0.4, -0.2) is 4.98 Å². The Bertz CT molecular complexity index is 566. The number of hydrogen-bond acceptors (Lipinski definition) is 4. The summed E-state index contributed by atoms with van der Waals surface area (Å²) in [6.07, 6.45) is 0. The Labute approximate surface area is 105 Å². The van der Waals surface area contributed by atoms with Gasteiger partial charge >= 0.3 is 0 Å². The molecule has 2 aromatic rings. The monoisotopic (exact) mass is 243 g/mol. The maximum Gasteiger partial charge on any atom is 0.0992 e. The Morgan fingerprint density at radius 2 is 2.24 bits per heavy atom. The van der Waals surface area contributed by atoms with E-state index in [0.29, 0.717) is 5.56 Å². The van der Waals surface area contributed by atoms with Gasteiger partial charge in [0.15, 0.2) is 0 Å². The van der Waals surface area contributed by atoms with Gasteiger partial charge in [0.2, 0.25) is 0 Å². The minimum Gasteiger partial charge on any atom is -0.380 e. The number of benzene rings is 1. The van der Waals surface area contributed by atoms with Crippen molar-refractivity contribution in [3.05, 3.63) is 45.4 Å². The van der Waals surface area contributed by atoms with Gasteiger partial charge in [0.05, 0.1) is 28.9 Å². The number of anilines is 1. The van der Waals surface area contributed by atoms with E-state index in [-0.39, 0.29) is 0 Å². The highest BCUT2D eigenvalue weighted by Gasteiger charge is 2.04. The van der Waals surface area contributed by atoms with Crippen molar-refractivity contribution >= 4 is 17.0 Å². The van der Waals surface area contributed by atoms with Gasteiger partial charge in [-0.15, -0.1) is 11.3 Å². The van der Waals surface area contributed by atoms with Crippen molar-refractivity contribution < 1.29 is 0 Å². The standard InChI is InChI=1S/C13H13N3S/c1-9-13(17-10(2)16-9)8-15-12-5-3-4-11(6-12)7-14/h3-6,15H,8H2,1-2H3. The van der Waals surface area contributed by atoms with Gasteiger partial charge in [0.1, 0.15) is 0 Å².